The summed E-state index contributed by atoms with van der Waals surface area (Å²) in [6.07, 6.45) is 1.82. The molecule has 2 rings (SSSR count). The Morgan fingerprint density at radius 1 is 1.53 bits per heavy atom. The summed E-state index contributed by atoms with van der Waals surface area (Å²) in [5.74, 6) is -0.268. The summed E-state index contributed by atoms with van der Waals surface area (Å²) >= 11 is 3.18. The largest absolute Gasteiger partial charge is 0.396 e. The molecule has 104 valence electrons. The van der Waals surface area contributed by atoms with E-state index in [1.807, 2.05) is 0 Å². The van der Waals surface area contributed by atoms with Gasteiger partial charge in [-0.3, -0.25) is 0 Å². The molecule has 1 atom stereocenters. The second kappa shape index (κ2) is 6.34. The highest BCUT2D eigenvalue weighted by Gasteiger charge is 2.23. The average molecular weight is 331 g/mol. The summed E-state index contributed by atoms with van der Waals surface area (Å²) in [7, 11) is 0. The molecule has 0 aliphatic carbocycles. The predicted octanol–water partition coefficient (Wildman–Crippen LogP) is 2.82. The van der Waals surface area contributed by atoms with E-state index in [0.29, 0.717) is 23.2 Å². The lowest BCUT2D eigenvalue weighted by atomic mass is 9.99. The van der Waals surface area contributed by atoms with Crippen LogP contribution in [0.1, 0.15) is 12.8 Å². The summed E-state index contributed by atoms with van der Waals surface area (Å²) in [6, 6.07) is 4.00. The van der Waals surface area contributed by atoms with Crippen LogP contribution in [-0.4, -0.2) is 35.7 Å². The monoisotopic (exact) mass is 330 g/mol. The minimum absolute atomic E-state index is 0.0926. The summed E-state index contributed by atoms with van der Waals surface area (Å²) in [6.45, 7) is 1.30. The molecule has 1 saturated heterocycles. The van der Waals surface area contributed by atoms with Crippen molar-refractivity contribution in [1.82, 2.24) is 4.90 Å². The molecule has 0 saturated carbocycles. The number of aliphatic hydroxyl groups is 1. The predicted molar refractivity (Wildman–Crippen MR) is 74.5 cm³/mol. The smallest absolute Gasteiger partial charge is 0.321 e. The highest BCUT2D eigenvalue weighted by Crippen LogP contribution is 2.20. The molecule has 0 bridgehead atoms. The van der Waals surface area contributed by atoms with Gasteiger partial charge >= 0.3 is 6.03 Å². The van der Waals surface area contributed by atoms with Gasteiger partial charge in [0, 0.05) is 29.9 Å². The van der Waals surface area contributed by atoms with E-state index in [1.165, 1.54) is 12.1 Å². The van der Waals surface area contributed by atoms with Crippen LogP contribution >= 0.6 is 15.9 Å². The maximum atomic E-state index is 13.2. The zero-order valence-corrected chi connectivity index (χ0v) is 12.0. The highest BCUT2D eigenvalue weighted by molar-refractivity contribution is 9.10. The molecule has 1 unspecified atom stereocenters. The van der Waals surface area contributed by atoms with Gasteiger partial charge in [0.05, 0.1) is 0 Å². The number of hydrogen-bond donors (Lipinski definition) is 2. The maximum Gasteiger partial charge on any atom is 0.321 e. The molecule has 2 N–H and O–H groups in total. The van der Waals surface area contributed by atoms with E-state index in [1.54, 1.807) is 11.0 Å². The van der Waals surface area contributed by atoms with Crippen molar-refractivity contribution in [3.8, 4) is 0 Å². The molecular formula is C13H16BrFN2O2. The Morgan fingerprint density at radius 3 is 3.00 bits per heavy atom. The number of carbonyl (C=O) groups excluding carboxylic acids is 1. The van der Waals surface area contributed by atoms with Gasteiger partial charge in [0.25, 0.3) is 0 Å². The number of nitrogens with one attached hydrogen (secondary N) is 1. The maximum absolute atomic E-state index is 13.2. The number of urea groups is 1. The minimum Gasteiger partial charge on any atom is -0.396 e. The summed E-state index contributed by atoms with van der Waals surface area (Å²) in [5.41, 5.74) is 0.419. The Bertz CT molecular complexity index is 450. The summed E-state index contributed by atoms with van der Waals surface area (Å²) in [4.78, 5) is 13.7. The van der Waals surface area contributed by atoms with Gasteiger partial charge in [-0.25, -0.2) is 9.18 Å². The molecule has 0 spiro atoms. The molecule has 1 aromatic carbocycles. The van der Waals surface area contributed by atoms with Crippen LogP contribution in [0.4, 0.5) is 14.9 Å². The molecule has 4 nitrogen and oxygen atoms in total. The van der Waals surface area contributed by atoms with Gasteiger partial charge in [-0.2, -0.15) is 0 Å². The zero-order valence-electron chi connectivity index (χ0n) is 10.4. The van der Waals surface area contributed by atoms with E-state index >= 15 is 0 Å². The van der Waals surface area contributed by atoms with Crippen LogP contribution in [0.5, 0.6) is 0 Å². The molecule has 1 aliphatic heterocycles. The van der Waals surface area contributed by atoms with Gasteiger partial charge in [-0.15, -0.1) is 0 Å². The van der Waals surface area contributed by atoms with Crippen molar-refractivity contribution in [3.05, 3.63) is 28.5 Å². The summed E-state index contributed by atoms with van der Waals surface area (Å²) in [5, 5.41) is 11.8. The molecule has 2 amide bonds. The first-order valence-corrected chi connectivity index (χ1v) is 7.00. The molecule has 1 aromatic rings. The quantitative estimate of drug-likeness (QED) is 0.876. The molecule has 6 heteroatoms. The van der Waals surface area contributed by atoms with Crippen molar-refractivity contribution in [1.29, 1.82) is 0 Å². The fourth-order valence-electron chi connectivity index (χ4n) is 2.23. The van der Waals surface area contributed by atoms with Crippen LogP contribution in [0.2, 0.25) is 0 Å². The second-order valence-corrected chi connectivity index (χ2v) is 5.64. The normalized spacial score (nSPS) is 19.3. The summed E-state index contributed by atoms with van der Waals surface area (Å²) < 4.78 is 13.8. The Labute approximate surface area is 119 Å². The lowest BCUT2D eigenvalue weighted by Crippen LogP contribution is -2.43. The van der Waals surface area contributed by atoms with E-state index in [4.69, 9.17) is 5.11 Å². The van der Waals surface area contributed by atoms with Gasteiger partial charge in [-0.1, -0.05) is 15.9 Å². The molecule has 1 heterocycles. The number of amides is 2. The van der Waals surface area contributed by atoms with E-state index < -0.39 is 5.82 Å². The number of anilines is 1. The third-order valence-corrected chi connectivity index (χ3v) is 3.64. The molecule has 0 radical (unpaired) electrons. The fourth-order valence-corrected chi connectivity index (χ4v) is 2.69. The number of aliphatic hydroxyl groups excluding tert-OH is 1. The number of hydrogen-bond acceptors (Lipinski definition) is 2. The Balaban J connectivity index is 2.00. The van der Waals surface area contributed by atoms with Gasteiger partial charge in [0.1, 0.15) is 5.82 Å². The van der Waals surface area contributed by atoms with Crippen molar-refractivity contribution < 1.29 is 14.3 Å². The molecular weight excluding hydrogens is 315 g/mol. The first-order chi connectivity index (χ1) is 9.08. The van der Waals surface area contributed by atoms with Crippen LogP contribution < -0.4 is 5.32 Å². The Kier molecular flexibility index (Phi) is 4.76. The van der Waals surface area contributed by atoms with Crippen LogP contribution in [0.15, 0.2) is 22.7 Å². The topological polar surface area (TPSA) is 52.6 Å². The highest BCUT2D eigenvalue weighted by atomic mass is 79.9. The molecule has 1 aliphatic rings. The van der Waals surface area contributed by atoms with Gasteiger partial charge in [-0.05, 0) is 37.0 Å². The number of carbonyl (C=O) groups is 1. The van der Waals surface area contributed by atoms with Crippen LogP contribution in [-0.2, 0) is 0 Å². The van der Waals surface area contributed by atoms with E-state index in [9.17, 15) is 9.18 Å². The van der Waals surface area contributed by atoms with Gasteiger partial charge in [0.15, 0.2) is 0 Å². The average Bonchev–Trinajstić information content (AvgIpc) is 2.37. The standard InChI is InChI=1S/C13H16BrFN2O2/c14-10-4-11(15)6-12(5-10)16-13(19)17-3-1-2-9(7-17)8-18/h4-6,9,18H,1-3,7-8H2,(H,16,19). The molecule has 1 fully saturated rings. The lowest BCUT2D eigenvalue weighted by molar-refractivity contribution is 0.136. The van der Waals surface area contributed by atoms with Crippen LogP contribution in [0.25, 0.3) is 0 Å². The van der Waals surface area contributed by atoms with Crippen molar-refractivity contribution in [2.75, 3.05) is 25.0 Å². The first-order valence-electron chi connectivity index (χ1n) is 6.21. The second-order valence-electron chi connectivity index (χ2n) is 4.73. The Hall–Kier alpha value is -1.14. The number of likely N-dealkylation sites (tertiary alicyclic amines) is 1. The third kappa shape index (κ3) is 3.91. The molecule has 19 heavy (non-hydrogen) atoms. The zero-order chi connectivity index (χ0) is 13.8. The fraction of sp³-hybridized carbons (Fsp3) is 0.462. The van der Waals surface area contributed by atoms with Crippen LogP contribution in [0, 0.1) is 11.7 Å². The van der Waals surface area contributed by atoms with Gasteiger partial charge in [0.2, 0.25) is 0 Å². The first kappa shape index (κ1) is 14.3. The van der Waals surface area contributed by atoms with Gasteiger partial charge < -0.3 is 15.3 Å². The van der Waals surface area contributed by atoms with Crippen molar-refractivity contribution >= 4 is 27.6 Å². The number of halogens is 2. The van der Waals surface area contributed by atoms with E-state index in [2.05, 4.69) is 21.2 Å². The van der Waals surface area contributed by atoms with Crippen LogP contribution in [0.3, 0.4) is 0 Å². The van der Waals surface area contributed by atoms with E-state index in [-0.39, 0.29) is 18.6 Å². The SMILES string of the molecule is O=C(Nc1cc(F)cc(Br)c1)N1CCCC(CO)C1. The number of piperidine rings is 1. The van der Waals surface area contributed by atoms with Crippen molar-refractivity contribution in [2.45, 2.75) is 12.8 Å². The number of rotatable bonds is 2. The molecule has 0 aromatic heterocycles. The van der Waals surface area contributed by atoms with E-state index in [0.717, 1.165) is 12.8 Å². The third-order valence-electron chi connectivity index (χ3n) is 3.18. The lowest BCUT2D eigenvalue weighted by Gasteiger charge is -2.31. The van der Waals surface area contributed by atoms with Crippen molar-refractivity contribution in [2.24, 2.45) is 5.92 Å². The number of benzene rings is 1. The Morgan fingerprint density at radius 2 is 2.32 bits per heavy atom. The number of nitrogens with zero attached hydrogens (tertiary/aromatic N) is 1. The van der Waals surface area contributed by atoms with Crippen molar-refractivity contribution in [3.63, 3.8) is 0 Å². The minimum atomic E-state index is -0.406.